The molecular weight excluding hydrogens is 398 g/mol. The van der Waals surface area contributed by atoms with E-state index in [1.165, 1.54) is 0 Å². The lowest BCUT2D eigenvalue weighted by Gasteiger charge is -2.28. The van der Waals surface area contributed by atoms with E-state index in [1.54, 1.807) is 32.3 Å². The van der Waals surface area contributed by atoms with E-state index in [0.29, 0.717) is 12.2 Å². The standard InChI is InChI=1S/C22H29N5O2S/c1-15-21(30-27-10-9-18(24-2)17(12-23)14-27)11-19(26(15)3)22(28)25-13-16-7-5-6-8-20(16)29-4/h5-8,11-12H,9-10,13-14,23H2,1-4H3,(H,25,28)/b17-12-,24-18?. The second-order valence-electron chi connectivity index (χ2n) is 7.10. The molecule has 1 fully saturated rings. The molecule has 3 rings (SSSR count). The van der Waals surface area contributed by atoms with Gasteiger partial charge in [-0.05, 0) is 31.0 Å². The number of aromatic nitrogens is 1. The minimum absolute atomic E-state index is 0.111. The molecule has 0 bridgehead atoms. The molecule has 7 nitrogen and oxygen atoms in total. The molecule has 1 amide bonds. The Morgan fingerprint density at radius 1 is 1.40 bits per heavy atom. The Bertz CT molecular complexity index is 980. The van der Waals surface area contributed by atoms with Crippen LogP contribution in [0.2, 0.25) is 0 Å². The molecule has 0 saturated carbocycles. The number of piperidine rings is 1. The van der Waals surface area contributed by atoms with E-state index in [-0.39, 0.29) is 5.91 Å². The monoisotopic (exact) mass is 427 g/mol. The first kappa shape index (κ1) is 22.0. The highest BCUT2D eigenvalue weighted by molar-refractivity contribution is 7.97. The van der Waals surface area contributed by atoms with Crippen molar-refractivity contribution in [2.75, 3.05) is 27.2 Å². The van der Waals surface area contributed by atoms with Gasteiger partial charge in [-0.25, -0.2) is 4.31 Å². The van der Waals surface area contributed by atoms with Crippen LogP contribution in [0.3, 0.4) is 0 Å². The van der Waals surface area contributed by atoms with Gasteiger partial charge in [0.1, 0.15) is 11.4 Å². The van der Waals surface area contributed by atoms with E-state index in [1.807, 2.05) is 48.9 Å². The molecule has 2 heterocycles. The molecule has 0 unspecified atom stereocenters. The number of aliphatic imine (C=N–C) groups is 1. The van der Waals surface area contributed by atoms with Crippen molar-refractivity contribution >= 4 is 23.6 Å². The molecule has 1 saturated heterocycles. The van der Waals surface area contributed by atoms with Crippen molar-refractivity contribution in [3.63, 3.8) is 0 Å². The molecule has 8 heteroatoms. The number of ether oxygens (including phenoxy) is 1. The number of amides is 1. The number of rotatable bonds is 6. The van der Waals surface area contributed by atoms with Gasteiger partial charge in [0, 0.05) is 73.8 Å². The Balaban J connectivity index is 1.69. The molecule has 1 aromatic carbocycles. The number of para-hydroxylation sites is 1. The van der Waals surface area contributed by atoms with Crippen LogP contribution in [-0.2, 0) is 13.6 Å². The molecule has 0 radical (unpaired) electrons. The summed E-state index contributed by atoms with van der Waals surface area (Å²) in [7, 11) is 5.35. The average Bonchev–Trinajstić information content (AvgIpc) is 3.06. The van der Waals surface area contributed by atoms with Crippen LogP contribution in [-0.4, -0.2) is 47.7 Å². The third kappa shape index (κ3) is 4.71. The minimum Gasteiger partial charge on any atom is -0.496 e. The third-order valence-corrected chi connectivity index (χ3v) is 6.55. The highest BCUT2D eigenvalue weighted by Crippen LogP contribution is 2.31. The van der Waals surface area contributed by atoms with Crippen LogP contribution in [0.15, 0.2) is 52.0 Å². The van der Waals surface area contributed by atoms with Crippen molar-refractivity contribution in [3.05, 3.63) is 59.1 Å². The number of methoxy groups -OCH3 is 1. The maximum absolute atomic E-state index is 12.8. The molecule has 0 spiro atoms. The van der Waals surface area contributed by atoms with Gasteiger partial charge in [0.25, 0.3) is 5.91 Å². The van der Waals surface area contributed by atoms with E-state index in [4.69, 9.17) is 10.5 Å². The van der Waals surface area contributed by atoms with E-state index >= 15 is 0 Å². The number of nitrogens with zero attached hydrogens (tertiary/aromatic N) is 3. The lowest BCUT2D eigenvalue weighted by Crippen LogP contribution is -2.31. The van der Waals surface area contributed by atoms with Gasteiger partial charge in [-0.1, -0.05) is 18.2 Å². The summed E-state index contributed by atoms with van der Waals surface area (Å²) in [6.07, 6.45) is 2.51. The SMILES string of the molecule is CN=C1CCN(Sc2cc(C(=O)NCc3ccccc3OC)n(C)c2C)C/C1=C/N. The van der Waals surface area contributed by atoms with Crippen LogP contribution in [0.4, 0.5) is 0 Å². The van der Waals surface area contributed by atoms with Gasteiger partial charge in [0.2, 0.25) is 0 Å². The fourth-order valence-electron chi connectivity index (χ4n) is 3.47. The van der Waals surface area contributed by atoms with Gasteiger partial charge in [-0.15, -0.1) is 0 Å². The predicted octanol–water partition coefficient (Wildman–Crippen LogP) is 2.90. The third-order valence-electron chi connectivity index (χ3n) is 5.37. The topological polar surface area (TPSA) is 84.9 Å². The van der Waals surface area contributed by atoms with Crippen LogP contribution in [0.1, 0.15) is 28.2 Å². The van der Waals surface area contributed by atoms with Crippen LogP contribution >= 0.6 is 11.9 Å². The lowest BCUT2D eigenvalue weighted by molar-refractivity contribution is 0.0942. The van der Waals surface area contributed by atoms with Gasteiger partial charge in [-0.2, -0.15) is 0 Å². The largest absolute Gasteiger partial charge is 0.496 e. The number of nitrogens with one attached hydrogen (secondary N) is 1. The molecule has 3 N–H and O–H groups in total. The van der Waals surface area contributed by atoms with Gasteiger partial charge >= 0.3 is 0 Å². The quantitative estimate of drug-likeness (QED) is 0.693. The normalized spacial score (nSPS) is 17.5. The molecule has 2 aromatic rings. The van der Waals surface area contributed by atoms with Crippen molar-refractivity contribution in [2.24, 2.45) is 17.8 Å². The summed E-state index contributed by atoms with van der Waals surface area (Å²) in [4.78, 5) is 18.2. The second kappa shape index (κ2) is 9.86. The van der Waals surface area contributed by atoms with Crippen molar-refractivity contribution in [1.29, 1.82) is 0 Å². The summed E-state index contributed by atoms with van der Waals surface area (Å²) >= 11 is 1.66. The molecule has 1 aliphatic heterocycles. The predicted molar refractivity (Wildman–Crippen MR) is 122 cm³/mol. The zero-order valence-electron chi connectivity index (χ0n) is 17.9. The van der Waals surface area contributed by atoms with Crippen molar-refractivity contribution in [2.45, 2.75) is 24.8 Å². The fourth-order valence-corrected chi connectivity index (χ4v) is 4.57. The summed E-state index contributed by atoms with van der Waals surface area (Å²) in [5.74, 6) is 0.654. The summed E-state index contributed by atoms with van der Waals surface area (Å²) in [6.45, 7) is 4.06. The maximum atomic E-state index is 12.8. The second-order valence-corrected chi connectivity index (χ2v) is 8.24. The molecular formula is C22H29N5O2S. The molecule has 160 valence electrons. The smallest absolute Gasteiger partial charge is 0.268 e. The van der Waals surface area contributed by atoms with Gasteiger partial charge in [0.05, 0.1) is 7.11 Å². The minimum atomic E-state index is -0.111. The van der Waals surface area contributed by atoms with Gasteiger partial charge < -0.3 is 20.4 Å². The van der Waals surface area contributed by atoms with E-state index < -0.39 is 0 Å². The van der Waals surface area contributed by atoms with Crippen LogP contribution in [0, 0.1) is 6.92 Å². The average molecular weight is 428 g/mol. The fraction of sp³-hybridized carbons (Fsp3) is 0.364. The first-order valence-corrected chi connectivity index (χ1v) is 10.6. The Labute approximate surface area is 182 Å². The van der Waals surface area contributed by atoms with Crippen molar-refractivity contribution in [3.8, 4) is 5.75 Å². The van der Waals surface area contributed by atoms with E-state index in [0.717, 1.165) is 52.7 Å². The first-order valence-electron chi connectivity index (χ1n) is 9.84. The zero-order chi connectivity index (χ0) is 21.7. The van der Waals surface area contributed by atoms with Crippen molar-refractivity contribution in [1.82, 2.24) is 14.2 Å². The number of hydrogen-bond acceptors (Lipinski definition) is 6. The van der Waals surface area contributed by atoms with Gasteiger partial charge in [-0.3, -0.25) is 9.79 Å². The Morgan fingerprint density at radius 3 is 2.87 bits per heavy atom. The maximum Gasteiger partial charge on any atom is 0.268 e. The van der Waals surface area contributed by atoms with Crippen molar-refractivity contribution < 1.29 is 9.53 Å². The Kier molecular flexibility index (Phi) is 7.23. The summed E-state index contributed by atoms with van der Waals surface area (Å²) in [5, 5.41) is 3.00. The van der Waals surface area contributed by atoms with Crippen LogP contribution < -0.4 is 15.8 Å². The van der Waals surface area contributed by atoms with E-state index in [9.17, 15) is 4.79 Å². The molecule has 0 atom stereocenters. The lowest BCUT2D eigenvalue weighted by atomic mass is 10.1. The number of hydrogen-bond donors (Lipinski definition) is 2. The highest BCUT2D eigenvalue weighted by atomic mass is 32.2. The highest BCUT2D eigenvalue weighted by Gasteiger charge is 2.23. The zero-order valence-corrected chi connectivity index (χ0v) is 18.8. The number of carbonyl (C=O) groups is 1. The summed E-state index contributed by atoms with van der Waals surface area (Å²) in [5.41, 5.74) is 10.5. The van der Waals surface area contributed by atoms with E-state index in [2.05, 4.69) is 14.6 Å². The Morgan fingerprint density at radius 2 is 2.17 bits per heavy atom. The number of nitrogens with two attached hydrogens (primary N) is 1. The number of benzene rings is 1. The van der Waals surface area contributed by atoms with Crippen LogP contribution in [0.5, 0.6) is 5.75 Å². The summed E-state index contributed by atoms with van der Waals surface area (Å²) in [6, 6.07) is 9.63. The van der Waals surface area contributed by atoms with Gasteiger partial charge in [0.15, 0.2) is 0 Å². The number of carbonyl (C=O) groups excluding carboxylic acids is 1. The molecule has 30 heavy (non-hydrogen) atoms. The first-order chi connectivity index (χ1) is 14.5. The summed E-state index contributed by atoms with van der Waals surface area (Å²) < 4.78 is 9.55. The molecule has 1 aromatic heterocycles. The Hall–Kier alpha value is -2.71. The molecule has 1 aliphatic rings. The van der Waals surface area contributed by atoms with Crippen LogP contribution in [0.25, 0.3) is 0 Å². The molecule has 0 aliphatic carbocycles.